The second-order valence-electron chi connectivity index (χ2n) is 7.15. The largest absolute Gasteiger partial charge is 0.385 e. The number of rotatable bonds is 15. The zero-order valence-electron chi connectivity index (χ0n) is 17.9. The van der Waals surface area contributed by atoms with E-state index in [0.717, 1.165) is 38.0 Å². The Bertz CT molecular complexity index is 572. The van der Waals surface area contributed by atoms with E-state index < -0.39 is 10.1 Å². The summed E-state index contributed by atoms with van der Waals surface area (Å²) in [6.07, 6.45) is 14.3. The highest BCUT2D eigenvalue weighted by atomic mass is 32.2. The van der Waals surface area contributed by atoms with E-state index in [4.69, 9.17) is 10.5 Å². The Kier molecular flexibility index (Phi) is 17.5. The van der Waals surface area contributed by atoms with Gasteiger partial charge in [-0.2, -0.15) is 8.42 Å². The molecule has 0 heterocycles. The quantitative estimate of drug-likeness (QED) is 0.296. The third kappa shape index (κ3) is 15.0. The average molecular weight is 416 g/mol. The minimum Gasteiger partial charge on any atom is -0.385 e. The van der Waals surface area contributed by atoms with Crippen molar-refractivity contribution < 1.29 is 17.7 Å². The number of ether oxygens (including phenoxy) is 1. The molecular weight excluding hydrogens is 374 g/mol. The van der Waals surface area contributed by atoms with Gasteiger partial charge in [0.15, 0.2) is 0 Å². The zero-order valence-corrected chi connectivity index (χ0v) is 18.7. The molecule has 1 aromatic rings. The van der Waals surface area contributed by atoms with Crippen molar-refractivity contribution in [3.63, 3.8) is 0 Å². The van der Waals surface area contributed by atoms with E-state index in [2.05, 4.69) is 6.92 Å². The van der Waals surface area contributed by atoms with Crippen molar-refractivity contribution in [2.75, 3.05) is 20.3 Å². The van der Waals surface area contributed by atoms with E-state index in [1.165, 1.54) is 57.4 Å². The van der Waals surface area contributed by atoms with Gasteiger partial charge in [0.05, 0.1) is 4.90 Å². The lowest BCUT2D eigenvalue weighted by molar-refractivity contribution is 0.197. The average Bonchev–Trinajstić information content (AvgIpc) is 2.68. The van der Waals surface area contributed by atoms with Crippen LogP contribution in [0.4, 0.5) is 0 Å². The van der Waals surface area contributed by atoms with Crippen LogP contribution in [0.1, 0.15) is 83.1 Å². The first-order chi connectivity index (χ1) is 13.5. The van der Waals surface area contributed by atoms with Crippen LogP contribution in [0.15, 0.2) is 29.2 Å². The van der Waals surface area contributed by atoms with Crippen molar-refractivity contribution in [3.8, 4) is 0 Å². The standard InChI is InChI=1S/C18H30O3S.C4H11NO/c1-2-3-4-5-6-7-8-9-10-11-14-17-15-12-13-16-18(17)22(19,20)21;1-6-4-2-3-5/h12-13,15-16H,2-11,14H2,1H3,(H,19,20,21);2-5H2,1H3. The molecule has 5 nitrogen and oxygen atoms in total. The van der Waals surface area contributed by atoms with Gasteiger partial charge in [0.25, 0.3) is 10.1 Å². The van der Waals surface area contributed by atoms with Gasteiger partial charge in [-0.1, -0.05) is 82.9 Å². The Labute approximate surface area is 172 Å². The first-order valence-corrected chi connectivity index (χ1v) is 12.2. The van der Waals surface area contributed by atoms with E-state index in [9.17, 15) is 13.0 Å². The Morgan fingerprint density at radius 2 is 1.43 bits per heavy atom. The smallest absolute Gasteiger partial charge is 0.294 e. The van der Waals surface area contributed by atoms with Crippen molar-refractivity contribution in [1.29, 1.82) is 0 Å². The summed E-state index contributed by atoms with van der Waals surface area (Å²) in [5.74, 6) is 0. The summed E-state index contributed by atoms with van der Waals surface area (Å²) < 4.78 is 36.5. The van der Waals surface area contributed by atoms with Crippen molar-refractivity contribution >= 4 is 10.1 Å². The molecule has 0 atom stereocenters. The van der Waals surface area contributed by atoms with Crippen LogP contribution in [0.3, 0.4) is 0 Å². The second-order valence-corrected chi connectivity index (χ2v) is 8.54. The van der Waals surface area contributed by atoms with E-state index in [-0.39, 0.29) is 4.90 Å². The predicted octanol–water partition coefficient (Wildman–Crippen LogP) is 5.38. The number of benzene rings is 1. The summed E-state index contributed by atoms with van der Waals surface area (Å²) >= 11 is 0. The molecule has 1 aromatic carbocycles. The SMILES string of the molecule is CCCCCCCCCCCCc1ccccc1S(=O)(=O)O.COCCCN. The summed E-state index contributed by atoms with van der Waals surface area (Å²) in [5, 5.41) is 0. The fourth-order valence-corrected chi connectivity index (χ4v) is 3.74. The molecule has 0 radical (unpaired) electrons. The maximum atomic E-state index is 11.3. The third-order valence-electron chi connectivity index (χ3n) is 4.60. The third-order valence-corrected chi connectivity index (χ3v) is 5.56. The first kappa shape index (κ1) is 27.0. The molecule has 0 aliphatic heterocycles. The highest BCUT2D eigenvalue weighted by Gasteiger charge is 2.13. The Morgan fingerprint density at radius 3 is 1.89 bits per heavy atom. The van der Waals surface area contributed by atoms with Gasteiger partial charge >= 0.3 is 0 Å². The molecule has 1 rings (SSSR count). The molecule has 0 aliphatic rings. The molecule has 0 amide bonds. The van der Waals surface area contributed by atoms with Gasteiger partial charge in [0, 0.05) is 13.7 Å². The molecule has 28 heavy (non-hydrogen) atoms. The van der Waals surface area contributed by atoms with Gasteiger partial charge in [0.2, 0.25) is 0 Å². The number of unbranched alkanes of at least 4 members (excludes halogenated alkanes) is 9. The summed E-state index contributed by atoms with van der Waals surface area (Å²) in [5.41, 5.74) is 5.86. The van der Waals surface area contributed by atoms with Crippen LogP contribution in [0.2, 0.25) is 0 Å². The van der Waals surface area contributed by atoms with Crippen molar-refractivity contribution in [3.05, 3.63) is 29.8 Å². The maximum Gasteiger partial charge on any atom is 0.294 e. The van der Waals surface area contributed by atoms with E-state index in [1.54, 1.807) is 19.2 Å². The summed E-state index contributed by atoms with van der Waals surface area (Å²) in [7, 11) is -2.42. The van der Waals surface area contributed by atoms with Crippen LogP contribution in [0, 0.1) is 0 Å². The van der Waals surface area contributed by atoms with Crippen LogP contribution in [0.5, 0.6) is 0 Å². The zero-order chi connectivity index (χ0) is 21.1. The fraction of sp³-hybridized carbons (Fsp3) is 0.727. The molecule has 0 aliphatic carbocycles. The van der Waals surface area contributed by atoms with Crippen LogP contribution in [-0.4, -0.2) is 33.2 Å². The molecule has 3 N–H and O–H groups in total. The molecule has 0 bridgehead atoms. The molecule has 0 unspecified atom stereocenters. The summed E-state index contributed by atoms with van der Waals surface area (Å²) in [6, 6.07) is 6.73. The van der Waals surface area contributed by atoms with Crippen molar-refractivity contribution in [1.82, 2.24) is 0 Å². The Balaban J connectivity index is 0.00000105. The highest BCUT2D eigenvalue weighted by molar-refractivity contribution is 7.85. The summed E-state index contributed by atoms with van der Waals surface area (Å²) in [6.45, 7) is 3.75. The lowest BCUT2D eigenvalue weighted by Gasteiger charge is -2.07. The van der Waals surface area contributed by atoms with Crippen LogP contribution in [0.25, 0.3) is 0 Å². The van der Waals surface area contributed by atoms with E-state index in [1.807, 2.05) is 6.07 Å². The van der Waals surface area contributed by atoms with Gasteiger partial charge in [0.1, 0.15) is 0 Å². The summed E-state index contributed by atoms with van der Waals surface area (Å²) in [4.78, 5) is 0.0610. The predicted molar refractivity (Wildman–Crippen MR) is 117 cm³/mol. The minimum absolute atomic E-state index is 0.0610. The molecule has 0 fully saturated rings. The first-order valence-electron chi connectivity index (χ1n) is 10.7. The van der Waals surface area contributed by atoms with E-state index >= 15 is 0 Å². The molecule has 0 saturated heterocycles. The van der Waals surface area contributed by atoms with Gasteiger partial charge < -0.3 is 10.5 Å². The van der Waals surface area contributed by atoms with Crippen LogP contribution >= 0.6 is 0 Å². The lowest BCUT2D eigenvalue weighted by Crippen LogP contribution is -2.03. The normalized spacial score (nSPS) is 11.1. The van der Waals surface area contributed by atoms with Crippen LogP contribution in [-0.2, 0) is 21.3 Å². The molecule has 6 heteroatoms. The molecular formula is C22H41NO4S. The highest BCUT2D eigenvalue weighted by Crippen LogP contribution is 2.18. The molecule has 0 saturated carbocycles. The Hall–Kier alpha value is -0.950. The number of hydrogen-bond donors (Lipinski definition) is 2. The van der Waals surface area contributed by atoms with Crippen molar-refractivity contribution in [2.45, 2.75) is 88.9 Å². The maximum absolute atomic E-state index is 11.3. The molecule has 0 aromatic heterocycles. The van der Waals surface area contributed by atoms with Gasteiger partial charge in [-0.05, 0) is 37.4 Å². The second kappa shape index (κ2) is 18.1. The number of hydrogen-bond acceptors (Lipinski definition) is 4. The topological polar surface area (TPSA) is 89.6 Å². The fourth-order valence-electron chi connectivity index (χ4n) is 2.99. The number of methoxy groups -OCH3 is 1. The van der Waals surface area contributed by atoms with Gasteiger partial charge in [-0.3, -0.25) is 4.55 Å². The van der Waals surface area contributed by atoms with Gasteiger partial charge in [-0.25, -0.2) is 0 Å². The number of nitrogens with two attached hydrogens (primary N) is 1. The van der Waals surface area contributed by atoms with Gasteiger partial charge in [-0.15, -0.1) is 0 Å². The molecule has 164 valence electrons. The number of aryl methyl sites for hydroxylation is 1. The molecule has 0 spiro atoms. The van der Waals surface area contributed by atoms with Crippen molar-refractivity contribution in [2.24, 2.45) is 5.73 Å². The minimum atomic E-state index is -4.10. The lowest BCUT2D eigenvalue weighted by atomic mass is 10.0. The van der Waals surface area contributed by atoms with E-state index in [0.29, 0.717) is 6.42 Å². The monoisotopic (exact) mass is 415 g/mol. The Morgan fingerprint density at radius 1 is 0.893 bits per heavy atom. The van der Waals surface area contributed by atoms with Crippen LogP contribution < -0.4 is 5.73 Å².